The molecule has 0 spiro atoms. The molecule has 0 radical (unpaired) electrons. The van der Waals surface area contributed by atoms with Crippen molar-refractivity contribution in [2.24, 2.45) is 5.92 Å². The maximum absolute atomic E-state index is 12.4. The van der Waals surface area contributed by atoms with Crippen LogP contribution in [0.15, 0.2) is 30.3 Å². The summed E-state index contributed by atoms with van der Waals surface area (Å²) < 4.78 is 10.2. The highest BCUT2D eigenvalue weighted by atomic mass is 16.6. The third kappa shape index (κ3) is 5.25. The SMILES string of the molecule is COC(=O)CC(C1CCCCC1)N(C)C(=O)OCc1ccccc1. The maximum atomic E-state index is 12.4. The molecular weight excluding hydrogens is 306 g/mol. The molecule has 1 aliphatic rings. The standard InChI is InChI=1S/C19H27NO4/c1-20(19(22)24-14-15-9-5-3-6-10-15)17(13-18(21)23-2)16-11-7-4-8-12-16/h3,5-6,9-10,16-17H,4,7-8,11-14H2,1-2H3. The normalized spacial score (nSPS) is 16.2. The van der Waals surface area contributed by atoms with Crippen LogP contribution in [0.3, 0.4) is 0 Å². The molecule has 0 aliphatic heterocycles. The van der Waals surface area contributed by atoms with Crippen LogP contribution in [0, 0.1) is 5.92 Å². The maximum Gasteiger partial charge on any atom is 0.410 e. The van der Waals surface area contributed by atoms with Gasteiger partial charge in [0.1, 0.15) is 6.61 Å². The zero-order valence-electron chi connectivity index (χ0n) is 14.6. The van der Waals surface area contributed by atoms with Crippen molar-refractivity contribution in [1.29, 1.82) is 0 Å². The zero-order chi connectivity index (χ0) is 17.4. The number of hydrogen-bond acceptors (Lipinski definition) is 4. The number of carbonyl (C=O) groups is 2. The van der Waals surface area contributed by atoms with Crippen LogP contribution in [0.4, 0.5) is 4.79 Å². The minimum Gasteiger partial charge on any atom is -0.469 e. The molecule has 0 heterocycles. The van der Waals surface area contributed by atoms with E-state index in [0.717, 1.165) is 31.2 Å². The van der Waals surface area contributed by atoms with Crippen LogP contribution in [-0.2, 0) is 20.9 Å². The Kier molecular flexibility index (Phi) is 7.09. The van der Waals surface area contributed by atoms with Crippen LogP contribution in [0.1, 0.15) is 44.1 Å². The fourth-order valence-corrected chi connectivity index (χ4v) is 3.35. The van der Waals surface area contributed by atoms with E-state index in [0.29, 0.717) is 5.92 Å². The van der Waals surface area contributed by atoms with Crippen LogP contribution in [-0.4, -0.2) is 37.2 Å². The predicted octanol–water partition coefficient (Wildman–Crippen LogP) is 3.77. The van der Waals surface area contributed by atoms with Gasteiger partial charge in [0.2, 0.25) is 0 Å². The van der Waals surface area contributed by atoms with Gasteiger partial charge in [-0.15, -0.1) is 0 Å². The van der Waals surface area contributed by atoms with E-state index in [9.17, 15) is 9.59 Å². The summed E-state index contributed by atoms with van der Waals surface area (Å²) in [5, 5.41) is 0. The predicted molar refractivity (Wildman–Crippen MR) is 91.4 cm³/mol. The summed E-state index contributed by atoms with van der Waals surface area (Å²) in [7, 11) is 3.10. The molecular formula is C19H27NO4. The van der Waals surface area contributed by atoms with Crippen molar-refractivity contribution in [2.75, 3.05) is 14.2 Å². The van der Waals surface area contributed by atoms with Gasteiger partial charge >= 0.3 is 12.1 Å². The lowest BCUT2D eigenvalue weighted by Crippen LogP contribution is -2.44. The van der Waals surface area contributed by atoms with Crippen molar-refractivity contribution in [1.82, 2.24) is 4.90 Å². The first-order chi connectivity index (χ1) is 11.6. The van der Waals surface area contributed by atoms with E-state index in [1.807, 2.05) is 30.3 Å². The van der Waals surface area contributed by atoms with Crippen LogP contribution in [0.25, 0.3) is 0 Å². The molecule has 24 heavy (non-hydrogen) atoms. The van der Waals surface area contributed by atoms with Gasteiger partial charge in [0.15, 0.2) is 0 Å². The topological polar surface area (TPSA) is 55.8 Å². The first kappa shape index (κ1) is 18.3. The Morgan fingerprint density at radius 3 is 2.46 bits per heavy atom. The van der Waals surface area contributed by atoms with Crippen molar-refractivity contribution in [3.63, 3.8) is 0 Å². The monoisotopic (exact) mass is 333 g/mol. The van der Waals surface area contributed by atoms with E-state index in [-0.39, 0.29) is 25.0 Å². The average molecular weight is 333 g/mol. The molecule has 1 atom stereocenters. The third-order valence-electron chi connectivity index (χ3n) is 4.79. The lowest BCUT2D eigenvalue weighted by atomic mass is 9.82. The van der Waals surface area contributed by atoms with E-state index in [2.05, 4.69) is 0 Å². The van der Waals surface area contributed by atoms with E-state index in [1.54, 1.807) is 11.9 Å². The minimum absolute atomic E-state index is 0.166. The molecule has 132 valence electrons. The second kappa shape index (κ2) is 9.30. The first-order valence-electron chi connectivity index (χ1n) is 8.62. The number of ether oxygens (including phenoxy) is 2. The summed E-state index contributed by atoms with van der Waals surface area (Å²) in [4.78, 5) is 25.8. The summed E-state index contributed by atoms with van der Waals surface area (Å²) >= 11 is 0. The number of rotatable bonds is 6. The molecule has 0 N–H and O–H groups in total. The molecule has 0 saturated heterocycles. The average Bonchev–Trinajstić information content (AvgIpc) is 2.64. The number of methoxy groups -OCH3 is 1. The summed E-state index contributed by atoms with van der Waals surface area (Å²) in [5.74, 6) is 0.0420. The van der Waals surface area contributed by atoms with Gasteiger partial charge in [-0.3, -0.25) is 4.79 Å². The molecule has 5 nitrogen and oxygen atoms in total. The number of amides is 1. The summed E-state index contributed by atoms with van der Waals surface area (Å²) in [6, 6.07) is 9.42. The highest BCUT2D eigenvalue weighted by Crippen LogP contribution is 2.30. The van der Waals surface area contributed by atoms with Gasteiger partial charge in [0.25, 0.3) is 0 Å². The van der Waals surface area contributed by atoms with Gasteiger partial charge < -0.3 is 14.4 Å². The smallest absolute Gasteiger partial charge is 0.410 e. The molecule has 1 aromatic carbocycles. The van der Waals surface area contributed by atoms with E-state index in [1.165, 1.54) is 13.5 Å². The Labute approximate surface area is 143 Å². The van der Waals surface area contributed by atoms with Gasteiger partial charge in [-0.2, -0.15) is 0 Å². The number of carbonyl (C=O) groups excluding carboxylic acids is 2. The quantitative estimate of drug-likeness (QED) is 0.744. The Balaban J connectivity index is 1.97. The zero-order valence-corrected chi connectivity index (χ0v) is 14.6. The molecule has 0 bridgehead atoms. The minimum atomic E-state index is -0.390. The highest BCUT2D eigenvalue weighted by molar-refractivity contribution is 5.72. The van der Waals surface area contributed by atoms with E-state index < -0.39 is 6.09 Å². The van der Waals surface area contributed by atoms with Crippen LogP contribution in [0.5, 0.6) is 0 Å². The molecule has 1 saturated carbocycles. The van der Waals surface area contributed by atoms with Gasteiger partial charge in [-0.25, -0.2) is 4.79 Å². The fourth-order valence-electron chi connectivity index (χ4n) is 3.35. The number of benzene rings is 1. The molecule has 2 rings (SSSR count). The van der Waals surface area contributed by atoms with Crippen molar-refractivity contribution in [2.45, 2.75) is 51.2 Å². The lowest BCUT2D eigenvalue weighted by molar-refractivity contribution is -0.142. The van der Waals surface area contributed by atoms with Crippen molar-refractivity contribution >= 4 is 12.1 Å². The third-order valence-corrected chi connectivity index (χ3v) is 4.79. The van der Waals surface area contributed by atoms with E-state index in [4.69, 9.17) is 9.47 Å². The molecule has 0 aromatic heterocycles. The Bertz CT molecular complexity index is 525. The van der Waals surface area contributed by atoms with Crippen LogP contribution < -0.4 is 0 Å². The lowest BCUT2D eigenvalue weighted by Gasteiger charge is -2.35. The number of nitrogens with zero attached hydrogens (tertiary/aromatic N) is 1. The number of esters is 1. The summed E-state index contributed by atoms with van der Waals surface area (Å²) in [6.45, 7) is 0.236. The van der Waals surface area contributed by atoms with Gasteiger partial charge in [0.05, 0.1) is 13.5 Å². The second-order valence-corrected chi connectivity index (χ2v) is 6.40. The largest absolute Gasteiger partial charge is 0.469 e. The molecule has 1 unspecified atom stereocenters. The van der Waals surface area contributed by atoms with Crippen LogP contribution >= 0.6 is 0 Å². The molecule has 1 aromatic rings. The van der Waals surface area contributed by atoms with Crippen molar-refractivity contribution in [3.05, 3.63) is 35.9 Å². The number of hydrogen-bond donors (Lipinski definition) is 0. The van der Waals surface area contributed by atoms with Gasteiger partial charge in [-0.05, 0) is 24.3 Å². The highest BCUT2D eigenvalue weighted by Gasteiger charge is 2.32. The summed E-state index contributed by atoms with van der Waals surface area (Å²) in [6.07, 6.45) is 5.43. The molecule has 1 amide bonds. The van der Waals surface area contributed by atoms with Crippen molar-refractivity contribution < 1.29 is 19.1 Å². The first-order valence-corrected chi connectivity index (χ1v) is 8.62. The molecule has 1 fully saturated rings. The van der Waals surface area contributed by atoms with Gasteiger partial charge in [-0.1, -0.05) is 49.6 Å². The van der Waals surface area contributed by atoms with Crippen molar-refractivity contribution in [3.8, 4) is 0 Å². The molecule has 5 heteroatoms. The fraction of sp³-hybridized carbons (Fsp3) is 0.579. The van der Waals surface area contributed by atoms with Crippen LogP contribution in [0.2, 0.25) is 0 Å². The second-order valence-electron chi connectivity index (χ2n) is 6.40. The molecule has 1 aliphatic carbocycles. The Morgan fingerprint density at radius 1 is 1.17 bits per heavy atom. The Hall–Kier alpha value is -2.04. The van der Waals surface area contributed by atoms with Gasteiger partial charge in [0, 0.05) is 13.1 Å². The summed E-state index contributed by atoms with van der Waals surface area (Å²) in [5.41, 5.74) is 0.946. The Morgan fingerprint density at radius 2 is 1.83 bits per heavy atom. The van der Waals surface area contributed by atoms with E-state index >= 15 is 0 Å².